The van der Waals surface area contributed by atoms with Crippen molar-refractivity contribution in [2.24, 2.45) is 11.8 Å². The van der Waals surface area contributed by atoms with Gasteiger partial charge in [0.2, 0.25) is 17.9 Å². The van der Waals surface area contributed by atoms with Crippen molar-refractivity contribution in [2.75, 3.05) is 10.6 Å². The summed E-state index contributed by atoms with van der Waals surface area (Å²) in [6.07, 6.45) is 0.741. The summed E-state index contributed by atoms with van der Waals surface area (Å²) in [5.41, 5.74) is 1.21. The second-order valence-corrected chi connectivity index (χ2v) is 5.91. The standard InChI is InChI=1S/C15H19N3O4/c1-9(2)7-14(19)16-10-3-5-11(6-4-10)17-15(20)12-8-13(12)18(21)22/h3-6,9,12-13H,7-8H2,1-2H3,(H,16,19)(H,17,20)/t12-,13-/m1/s1. The number of amides is 2. The molecular formula is C15H19N3O4. The molecule has 7 heteroatoms. The summed E-state index contributed by atoms with van der Waals surface area (Å²) in [6, 6.07) is 5.94. The molecule has 0 heterocycles. The van der Waals surface area contributed by atoms with Gasteiger partial charge in [-0.3, -0.25) is 19.7 Å². The van der Waals surface area contributed by atoms with Crippen LogP contribution in [0.25, 0.3) is 0 Å². The maximum absolute atomic E-state index is 11.8. The maximum Gasteiger partial charge on any atom is 0.234 e. The average molecular weight is 305 g/mol. The first kappa shape index (κ1) is 15.9. The average Bonchev–Trinajstić information content (AvgIpc) is 3.20. The van der Waals surface area contributed by atoms with Crippen LogP contribution in [0.15, 0.2) is 24.3 Å². The van der Waals surface area contributed by atoms with Gasteiger partial charge in [-0.1, -0.05) is 13.8 Å². The molecule has 118 valence electrons. The monoisotopic (exact) mass is 305 g/mol. The highest BCUT2D eigenvalue weighted by Gasteiger charge is 2.53. The number of carbonyl (C=O) groups is 2. The van der Waals surface area contributed by atoms with Crippen molar-refractivity contribution in [2.45, 2.75) is 32.7 Å². The van der Waals surface area contributed by atoms with Crippen LogP contribution in [0.2, 0.25) is 0 Å². The van der Waals surface area contributed by atoms with E-state index in [-0.39, 0.29) is 17.7 Å². The van der Waals surface area contributed by atoms with Crippen LogP contribution >= 0.6 is 0 Å². The van der Waals surface area contributed by atoms with E-state index >= 15 is 0 Å². The molecule has 1 fully saturated rings. The van der Waals surface area contributed by atoms with E-state index in [2.05, 4.69) is 10.6 Å². The molecule has 2 amide bonds. The lowest BCUT2D eigenvalue weighted by Gasteiger charge is -2.08. The Morgan fingerprint density at radius 1 is 1.23 bits per heavy atom. The van der Waals surface area contributed by atoms with E-state index in [1.54, 1.807) is 24.3 Å². The zero-order chi connectivity index (χ0) is 16.3. The van der Waals surface area contributed by atoms with Crippen LogP contribution < -0.4 is 10.6 Å². The van der Waals surface area contributed by atoms with Gasteiger partial charge >= 0.3 is 0 Å². The number of hydrogen-bond donors (Lipinski definition) is 2. The number of carbonyl (C=O) groups excluding carboxylic acids is 2. The number of nitrogens with zero attached hydrogens (tertiary/aromatic N) is 1. The van der Waals surface area contributed by atoms with Crippen LogP contribution in [-0.2, 0) is 9.59 Å². The number of anilines is 2. The molecule has 1 saturated carbocycles. The van der Waals surface area contributed by atoms with E-state index in [1.165, 1.54) is 0 Å². The fourth-order valence-corrected chi connectivity index (χ4v) is 2.15. The van der Waals surface area contributed by atoms with Crippen molar-refractivity contribution < 1.29 is 14.5 Å². The Morgan fingerprint density at radius 3 is 2.23 bits per heavy atom. The topological polar surface area (TPSA) is 101 Å². The Labute approximate surface area is 128 Å². The van der Waals surface area contributed by atoms with Gasteiger partial charge in [0.1, 0.15) is 5.92 Å². The largest absolute Gasteiger partial charge is 0.326 e. The first-order valence-corrected chi connectivity index (χ1v) is 7.21. The highest BCUT2D eigenvalue weighted by Crippen LogP contribution is 2.34. The van der Waals surface area contributed by atoms with Crippen molar-refractivity contribution in [1.82, 2.24) is 0 Å². The lowest BCUT2D eigenvalue weighted by atomic mass is 10.1. The van der Waals surface area contributed by atoms with E-state index in [0.717, 1.165) is 0 Å². The van der Waals surface area contributed by atoms with Crippen LogP contribution in [0.4, 0.5) is 11.4 Å². The van der Waals surface area contributed by atoms with E-state index in [1.807, 2.05) is 13.8 Å². The van der Waals surface area contributed by atoms with Crippen LogP contribution in [0.3, 0.4) is 0 Å². The van der Waals surface area contributed by atoms with E-state index in [4.69, 9.17) is 0 Å². The van der Waals surface area contributed by atoms with Gasteiger partial charge in [-0.25, -0.2) is 0 Å². The summed E-state index contributed by atoms with van der Waals surface area (Å²) in [5, 5.41) is 16.0. The third kappa shape index (κ3) is 4.28. The molecular weight excluding hydrogens is 286 g/mol. The number of nitro groups is 1. The predicted octanol–water partition coefficient (Wildman–Crippen LogP) is 2.27. The molecule has 1 aromatic rings. The van der Waals surface area contributed by atoms with Gasteiger partial charge in [0.15, 0.2) is 0 Å². The number of hydrogen-bond acceptors (Lipinski definition) is 4. The predicted molar refractivity (Wildman–Crippen MR) is 82.0 cm³/mol. The van der Waals surface area contributed by atoms with Crippen molar-refractivity contribution in [3.05, 3.63) is 34.4 Å². The molecule has 2 atom stereocenters. The zero-order valence-corrected chi connectivity index (χ0v) is 12.5. The summed E-state index contributed by atoms with van der Waals surface area (Å²) >= 11 is 0. The lowest BCUT2D eigenvalue weighted by molar-refractivity contribution is -0.497. The molecule has 0 spiro atoms. The van der Waals surface area contributed by atoms with Gasteiger partial charge in [0, 0.05) is 29.1 Å². The molecule has 1 aromatic carbocycles. The highest BCUT2D eigenvalue weighted by molar-refractivity contribution is 5.95. The van der Waals surface area contributed by atoms with Gasteiger partial charge in [-0.15, -0.1) is 0 Å². The van der Waals surface area contributed by atoms with Crippen LogP contribution in [0.1, 0.15) is 26.7 Å². The first-order valence-electron chi connectivity index (χ1n) is 7.21. The molecule has 1 aliphatic rings. The number of nitrogens with one attached hydrogen (secondary N) is 2. The van der Waals surface area contributed by atoms with Gasteiger partial charge in [-0.05, 0) is 30.2 Å². The maximum atomic E-state index is 11.8. The Morgan fingerprint density at radius 2 is 1.77 bits per heavy atom. The summed E-state index contributed by atoms with van der Waals surface area (Å²) in [5.74, 6) is -0.649. The molecule has 0 unspecified atom stereocenters. The minimum atomic E-state index is -0.755. The number of benzene rings is 1. The first-order chi connectivity index (χ1) is 10.4. The van der Waals surface area contributed by atoms with Gasteiger partial charge < -0.3 is 10.6 Å². The van der Waals surface area contributed by atoms with Crippen LogP contribution in [0.5, 0.6) is 0 Å². The molecule has 0 aromatic heterocycles. The van der Waals surface area contributed by atoms with E-state index < -0.39 is 16.9 Å². The molecule has 0 radical (unpaired) electrons. The van der Waals surface area contributed by atoms with Crippen LogP contribution in [0, 0.1) is 22.0 Å². The summed E-state index contributed by atoms with van der Waals surface area (Å²) in [6.45, 7) is 3.93. The Bertz CT molecular complexity index is 583. The number of rotatable bonds is 6. The third-order valence-electron chi connectivity index (χ3n) is 3.39. The quantitative estimate of drug-likeness (QED) is 0.621. The van der Waals surface area contributed by atoms with Crippen molar-refractivity contribution in [3.8, 4) is 0 Å². The SMILES string of the molecule is CC(C)CC(=O)Nc1ccc(NC(=O)[C@@H]2C[C@H]2[N+](=O)[O-])cc1. The van der Waals surface area contributed by atoms with Crippen molar-refractivity contribution in [3.63, 3.8) is 0 Å². The molecule has 1 aliphatic carbocycles. The van der Waals surface area contributed by atoms with Crippen molar-refractivity contribution in [1.29, 1.82) is 0 Å². The Kier molecular flexibility index (Phi) is 4.75. The summed E-state index contributed by atoms with van der Waals surface area (Å²) < 4.78 is 0. The van der Waals surface area contributed by atoms with Gasteiger partial charge in [0.05, 0.1) is 0 Å². The molecule has 22 heavy (non-hydrogen) atoms. The fraction of sp³-hybridized carbons (Fsp3) is 0.467. The Balaban J connectivity index is 1.86. The molecule has 7 nitrogen and oxygen atoms in total. The highest BCUT2D eigenvalue weighted by atomic mass is 16.6. The smallest absolute Gasteiger partial charge is 0.234 e. The molecule has 2 rings (SSSR count). The van der Waals surface area contributed by atoms with Gasteiger partial charge in [0.25, 0.3) is 0 Å². The minimum absolute atomic E-state index is 0.0569. The molecule has 0 saturated heterocycles. The normalized spacial score (nSPS) is 19.6. The van der Waals surface area contributed by atoms with E-state index in [0.29, 0.717) is 24.2 Å². The Hall–Kier alpha value is -2.44. The molecule has 0 aliphatic heterocycles. The molecule has 2 N–H and O–H groups in total. The fourth-order valence-electron chi connectivity index (χ4n) is 2.15. The van der Waals surface area contributed by atoms with E-state index in [9.17, 15) is 19.7 Å². The minimum Gasteiger partial charge on any atom is -0.326 e. The summed E-state index contributed by atoms with van der Waals surface area (Å²) in [4.78, 5) is 33.5. The third-order valence-corrected chi connectivity index (χ3v) is 3.39. The second-order valence-electron chi connectivity index (χ2n) is 5.91. The van der Waals surface area contributed by atoms with Crippen molar-refractivity contribution >= 4 is 23.2 Å². The van der Waals surface area contributed by atoms with Crippen LogP contribution in [-0.4, -0.2) is 22.8 Å². The van der Waals surface area contributed by atoms with Gasteiger partial charge in [-0.2, -0.15) is 0 Å². The lowest BCUT2D eigenvalue weighted by Crippen LogP contribution is -2.18. The zero-order valence-electron chi connectivity index (χ0n) is 12.5. The second kappa shape index (κ2) is 6.55. The molecule has 0 bridgehead atoms. The summed E-state index contributed by atoms with van der Waals surface area (Å²) in [7, 11) is 0.